The van der Waals surface area contributed by atoms with E-state index in [0.717, 1.165) is 23.1 Å². The van der Waals surface area contributed by atoms with Crippen molar-refractivity contribution in [3.8, 4) is 23.6 Å². The van der Waals surface area contributed by atoms with Crippen LogP contribution in [0.2, 0.25) is 0 Å². The fourth-order valence-electron chi connectivity index (χ4n) is 2.48. The molecule has 258 valence electrons. The van der Waals surface area contributed by atoms with Gasteiger partial charge in [-0.15, -0.1) is 0 Å². The third-order valence-electron chi connectivity index (χ3n) is 4.95. The van der Waals surface area contributed by atoms with Gasteiger partial charge in [0.15, 0.2) is 0 Å². The SMILES string of the molecule is C.C=C(C)C(=O)OC(=O)C(=C)C.C=C(C)C(=O)Oc1ccc(/C=C(/C#N)CC)cc1.CC/C(C#N)=C\c1ccc(O)cc1.O=C=O.O=C=O. The predicted molar refractivity (Wildman–Crippen MR) is 180 cm³/mol. The fourth-order valence-corrected chi connectivity index (χ4v) is 2.48. The topological polar surface area (TPSA) is 206 Å². The lowest BCUT2D eigenvalue weighted by Crippen LogP contribution is -2.12. The highest BCUT2D eigenvalue weighted by atomic mass is 16.6. The van der Waals surface area contributed by atoms with Crippen LogP contribution in [0.4, 0.5) is 0 Å². The van der Waals surface area contributed by atoms with E-state index < -0.39 is 17.9 Å². The number of allylic oxidation sites excluding steroid dienone is 2. The minimum Gasteiger partial charge on any atom is -0.508 e. The fraction of sp³-hybridized carbons (Fsp3) is 0.216. The maximum atomic E-state index is 11.3. The van der Waals surface area contributed by atoms with Crippen molar-refractivity contribution >= 4 is 42.4 Å². The van der Waals surface area contributed by atoms with E-state index in [1.165, 1.54) is 13.8 Å². The van der Waals surface area contributed by atoms with Gasteiger partial charge in [0, 0.05) is 27.9 Å². The zero-order chi connectivity index (χ0) is 37.7. The Balaban J connectivity index is -0.000000291. The molecule has 0 atom stereocenters. The molecule has 2 rings (SSSR count). The second-order valence-electron chi connectivity index (χ2n) is 9.00. The van der Waals surface area contributed by atoms with Crippen molar-refractivity contribution in [1.82, 2.24) is 0 Å². The van der Waals surface area contributed by atoms with Crippen LogP contribution in [0.1, 0.15) is 66.0 Å². The van der Waals surface area contributed by atoms with Crippen molar-refractivity contribution < 1.29 is 48.1 Å². The van der Waals surface area contributed by atoms with Gasteiger partial charge in [0.05, 0.1) is 12.1 Å². The van der Waals surface area contributed by atoms with Crippen LogP contribution in [-0.2, 0) is 38.3 Å². The van der Waals surface area contributed by atoms with Gasteiger partial charge in [0.2, 0.25) is 0 Å². The molecule has 0 aromatic heterocycles. The average molecular weight is 673 g/mol. The van der Waals surface area contributed by atoms with Crippen LogP contribution in [0.15, 0.2) is 96.1 Å². The number of phenols is 1. The monoisotopic (exact) mass is 672 g/mol. The molecule has 12 heteroatoms. The van der Waals surface area contributed by atoms with Crippen LogP contribution in [0.3, 0.4) is 0 Å². The minimum absolute atomic E-state index is 0. The Hall–Kier alpha value is -6.71. The molecule has 0 bridgehead atoms. The Labute approximate surface area is 286 Å². The number of carbonyl (C=O) groups is 3. The number of esters is 3. The number of rotatable bonds is 8. The summed E-state index contributed by atoms with van der Waals surface area (Å²) in [4.78, 5) is 65.1. The van der Waals surface area contributed by atoms with E-state index >= 15 is 0 Å². The standard InChI is InChI=1S/C15H15NO2.C11H11NO.C8H10O3.2CO2.CH4/c1-4-12(10-16)9-13-5-7-14(8-6-13)18-15(17)11(2)3;1-2-9(8-12)7-10-3-5-11(13)6-4-10;1-5(2)7(9)11-8(10)6(3)4;2*2-1-3;/h5-9H,2,4H2,1,3H3;3-7,13H,2H2,1H3;1,3H2,2,4H3;;;1H4/b12-9+;9-7+;;;;. The summed E-state index contributed by atoms with van der Waals surface area (Å²) >= 11 is 0. The van der Waals surface area contributed by atoms with E-state index in [1.807, 2.05) is 26.0 Å². The number of aromatic hydroxyl groups is 1. The summed E-state index contributed by atoms with van der Waals surface area (Å²) in [7, 11) is 0. The Bertz CT molecular complexity index is 1590. The first kappa shape index (κ1) is 49.2. The van der Waals surface area contributed by atoms with E-state index in [1.54, 1.807) is 55.5 Å². The summed E-state index contributed by atoms with van der Waals surface area (Å²) < 4.78 is 9.36. The van der Waals surface area contributed by atoms with Gasteiger partial charge in [-0.1, -0.05) is 65.3 Å². The summed E-state index contributed by atoms with van der Waals surface area (Å²) in [5.74, 6) is -1.15. The van der Waals surface area contributed by atoms with Crippen LogP contribution in [0.5, 0.6) is 11.5 Å². The molecule has 0 aliphatic carbocycles. The van der Waals surface area contributed by atoms with E-state index in [0.29, 0.717) is 23.3 Å². The lowest BCUT2D eigenvalue weighted by molar-refractivity contribution is -0.193. The zero-order valence-corrected chi connectivity index (χ0v) is 27.3. The quantitative estimate of drug-likeness (QED) is 0.100. The third-order valence-corrected chi connectivity index (χ3v) is 4.95. The Morgan fingerprint density at radius 1 is 0.673 bits per heavy atom. The van der Waals surface area contributed by atoms with Crippen LogP contribution >= 0.6 is 0 Å². The van der Waals surface area contributed by atoms with Crippen molar-refractivity contribution in [2.75, 3.05) is 0 Å². The molecule has 0 aliphatic rings. The number of benzene rings is 2. The average Bonchev–Trinajstić information content (AvgIpc) is 3.05. The van der Waals surface area contributed by atoms with E-state index in [-0.39, 0.29) is 36.6 Å². The predicted octanol–water partition coefficient (Wildman–Crippen LogP) is 6.87. The van der Waals surface area contributed by atoms with Gasteiger partial charge in [0.25, 0.3) is 0 Å². The molecule has 0 aliphatic heterocycles. The molecule has 0 fully saturated rings. The Morgan fingerprint density at radius 3 is 1.24 bits per heavy atom. The first-order valence-electron chi connectivity index (χ1n) is 13.6. The van der Waals surface area contributed by atoms with Gasteiger partial charge in [-0.25, -0.2) is 14.4 Å². The molecular weight excluding hydrogens is 632 g/mol. The van der Waals surface area contributed by atoms with Gasteiger partial charge in [-0.3, -0.25) is 0 Å². The molecule has 0 radical (unpaired) electrons. The molecule has 1 N–H and O–H groups in total. The molecular formula is C37H40N2O10. The van der Waals surface area contributed by atoms with E-state index in [4.69, 9.17) is 39.5 Å². The molecule has 0 amide bonds. The lowest BCUT2D eigenvalue weighted by Gasteiger charge is -2.03. The van der Waals surface area contributed by atoms with Gasteiger partial charge in [0.1, 0.15) is 11.5 Å². The molecule has 2 aromatic rings. The van der Waals surface area contributed by atoms with Crippen LogP contribution in [0, 0.1) is 22.7 Å². The highest BCUT2D eigenvalue weighted by molar-refractivity contribution is 6.00. The highest BCUT2D eigenvalue weighted by Crippen LogP contribution is 2.16. The highest BCUT2D eigenvalue weighted by Gasteiger charge is 2.10. The molecule has 2 aromatic carbocycles. The van der Waals surface area contributed by atoms with Crippen molar-refractivity contribution in [3.05, 3.63) is 107 Å². The van der Waals surface area contributed by atoms with Gasteiger partial charge >= 0.3 is 30.2 Å². The summed E-state index contributed by atoms with van der Waals surface area (Å²) in [6.07, 6.45) is 5.56. The van der Waals surface area contributed by atoms with Gasteiger partial charge < -0.3 is 14.6 Å². The van der Waals surface area contributed by atoms with E-state index in [2.05, 4.69) is 36.6 Å². The molecule has 0 saturated heterocycles. The smallest absolute Gasteiger partial charge is 0.373 e. The number of carbonyl (C=O) groups excluding carboxylic acids is 7. The van der Waals surface area contributed by atoms with Gasteiger partial charge in [-0.05, 0) is 81.2 Å². The molecule has 0 heterocycles. The molecule has 12 nitrogen and oxygen atoms in total. The van der Waals surface area contributed by atoms with Crippen molar-refractivity contribution in [3.63, 3.8) is 0 Å². The summed E-state index contributed by atoms with van der Waals surface area (Å²) in [5.41, 5.74) is 4.04. The molecule has 0 unspecified atom stereocenters. The Morgan fingerprint density at radius 2 is 0.980 bits per heavy atom. The lowest BCUT2D eigenvalue weighted by atomic mass is 10.1. The summed E-state index contributed by atoms with van der Waals surface area (Å²) in [6, 6.07) is 18.0. The van der Waals surface area contributed by atoms with Crippen molar-refractivity contribution in [1.29, 1.82) is 10.5 Å². The zero-order valence-electron chi connectivity index (χ0n) is 27.3. The number of hydrogen-bond acceptors (Lipinski definition) is 12. The van der Waals surface area contributed by atoms with Crippen LogP contribution in [-0.4, -0.2) is 35.3 Å². The summed E-state index contributed by atoms with van der Waals surface area (Å²) in [5, 5.41) is 26.5. The number of hydrogen-bond donors (Lipinski definition) is 1. The third kappa shape index (κ3) is 26.2. The van der Waals surface area contributed by atoms with Crippen LogP contribution < -0.4 is 4.74 Å². The van der Waals surface area contributed by atoms with Gasteiger partial charge in [-0.2, -0.15) is 29.7 Å². The molecule has 0 spiro atoms. The molecule has 49 heavy (non-hydrogen) atoms. The second-order valence-corrected chi connectivity index (χ2v) is 9.00. The maximum absolute atomic E-state index is 11.3. The number of nitriles is 2. The van der Waals surface area contributed by atoms with E-state index in [9.17, 15) is 14.4 Å². The first-order chi connectivity index (χ1) is 22.6. The normalized spacial score (nSPS) is 9.04. The number of nitrogens with zero attached hydrogens (tertiary/aromatic N) is 2. The second kappa shape index (κ2) is 30.0. The van der Waals surface area contributed by atoms with Crippen molar-refractivity contribution in [2.45, 2.75) is 54.9 Å². The molecule has 0 saturated carbocycles. The largest absolute Gasteiger partial charge is 0.508 e. The maximum Gasteiger partial charge on any atom is 0.373 e. The first-order valence-corrected chi connectivity index (χ1v) is 13.6. The number of ether oxygens (including phenoxy) is 2. The number of phenolic OH excluding ortho intramolecular Hbond substituents is 1. The van der Waals surface area contributed by atoms with Crippen molar-refractivity contribution in [2.24, 2.45) is 0 Å². The minimum atomic E-state index is -0.710. The van der Waals surface area contributed by atoms with Crippen LogP contribution in [0.25, 0.3) is 12.2 Å². The summed E-state index contributed by atoms with van der Waals surface area (Å²) in [6.45, 7) is 18.5. The Kier molecular flexibility index (Phi) is 30.1.